The lowest BCUT2D eigenvalue weighted by molar-refractivity contribution is -0.128. The van der Waals surface area contributed by atoms with E-state index in [4.69, 9.17) is 9.97 Å². The highest BCUT2D eigenvalue weighted by atomic mass is 16.2. The smallest absolute Gasteiger partial charge is 0.246 e. The van der Waals surface area contributed by atoms with Gasteiger partial charge in [-0.25, -0.2) is 9.97 Å². The Morgan fingerprint density at radius 3 is 2.68 bits per heavy atom. The number of fused-ring (bicyclic) bond motifs is 2. The molecule has 7 nitrogen and oxygen atoms in total. The molecule has 1 unspecified atom stereocenters. The molecule has 5 rings (SSSR count). The van der Waals surface area contributed by atoms with E-state index in [-0.39, 0.29) is 24.3 Å². The summed E-state index contributed by atoms with van der Waals surface area (Å²) in [6, 6.07) is 15.1. The van der Waals surface area contributed by atoms with Gasteiger partial charge in [0, 0.05) is 48.7 Å². The minimum Gasteiger partial charge on any atom is -0.365 e. The summed E-state index contributed by atoms with van der Waals surface area (Å²) in [7, 11) is 0. The normalized spacial score (nSPS) is 17.6. The first-order valence-corrected chi connectivity index (χ1v) is 13.1. The number of carbonyl (C=O) groups is 1. The molecule has 1 saturated heterocycles. The average Bonchev–Trinajstić information content (AvgIpc) is 2.91. The van der Waals surface area contributed by atoms with Gasteiger partial charge in [0.05, 0.1) is 30.8 Å². The van der Waals surface area contributed by atoms with Crippen LogP contribution in [0.15, 0.2) is 49.1 Å². The van der Waals surface area contributed by atoms with Crippen LogP contribution in [-0.2, 0) is 17.8 Å². The Kier molecular flexibility index (Phi) is 6.84. The van der Waals surface area contributed by atoms with E-state index in [0.29, 0.717) is 19.6 Å². The second-order valence-electron chi connectivity index (χ2n) is 10.3. The zero-order chi connectivity index (χ0) is 26.1. The summed E-state index contributed by atoms with van der Waals surface area (Å²) in [4.78, 5) is 29.0. The van der Waals surface area contributed by atoms with Crippen LogP contribution in [0.4, 0.5) is 11.5 Å². The van der Waals surface area contributed by atoms with E-state index in [1.807, 2.05) is 0 Å². The standard InChI is InChI=1S/C30H34N6O/c1-5-27(37)36-17-16-35(18-23(36)12-14-31)30-24-13-15-34(19-25(24)32-29(33-30)20(2)3)26-11-7-10-22-9-6-8-21(4)28(22)26/h5-11,20,23H,1,12-13,15-19H2,2-4H3. The van der Waals surface area contributed by atoms with Gasteiger partial charge in [0.25, 0.3) is 0 Å². The minimum atomic E-state index is -0.184. The Labute approximate surface area is 219 Å². The van der Waals surface area contributed by atoms with Crippen molar-refractivity contribution in [3.05, 3.63) is 71.7 Å². The molecular weight excluding hydrogens is 460 g/mol. The molecule has 2 aliphatic heterocycles. The first-order chi connectivity index (χ1) is 17.9. The van der Waals surface area contributed by atoms with E-state index >= 15 is 0 Å². The van der Waals surface area contributed by atoms with Crippen LogP contribution in [-0.4, -0.2) is 53.0 Å². The molecule has 2 aliphatic rings. The molecule has 0 N–H and O–H groups in total. The molecule has 0 spiro atoms. The van der Waals surface area contributed by atoms with Gasteiger partial charge >= 0.3 is 0 Å². The maximum atomic E-state index is 12.4. The van der Waals surface area contributed by atoms with Gasteiger partial charge in [-0.15, -0.1) is 0 Å². The highest BCUT2D eigenvalue weighted by Crippen LogP contribution is 2.35. The summed E-state index contributed by atoms with van der Waals surface area (Å²) in [6.07, 6.45) is 2.47. The Morgan fingerprint density at radius 2 is 1.95 bits per heavy atom. The van der Waals surface area contributed by atoms with Crippen molar-refractivity contribution >= 4 is 28.2 Å². The van der Waals surface area contributed by atoms with Crippen molar-refractivity contribution in [1.29, 1.82) is 5.26 Å². The lowest BCUT2D eigenvalue weighted by Crippen LogP contribution is -2.55. The molecule has 0 aliphatic carbocycles. The van der Waals surface area contributed by atoms with Crippen LogP contribution in [0, 0.1) is 18.3 Å². The second kappa shape index (κ2) is 10.2. The lowest BCUT2D eigenvalue weighted by Gasteiger charge is -2.42. The zero-order valence-corrected chi connectivity index (χ0v) is 21.9. The van der Waals surface area contributed by atoms with Gasteiger partial charge in [-0.1, -0.05) is 50.8 Å². The van der Waals surface area contributed by atoms with Gasteiger partial charge < -0.3 is 14.7 Å². The third-order valence-electron chi connectivity index (χ3n) is 7.58. The summed E-state index contributed by atoms with van der Waals surface area (Å²) in [6.45, 7) is 13.5. The lowest BCUT2D eigenvalue weighted by atomic mass is 9.99. The fourth-order valence-electron chi connectivity index (χ4n) is 5.66. The van der Waals surface area contributed by atoms with Crippen molar-refractivity contribution in [3.63, 3.8) is 0 Å². The van der Waals surface area contributed by atoms with Crippen molar-refractivity contribution < 1.29 is 4.79 Å². The molecule has 37 heavy (non-hydrogen) atoms. The molecule has 3 aromatic rings. The van der Waals surface area contributed by atoms with Crippen molar-refractivity contribution in [2.45, 2.75) is 52.1 Å². The number of hydrogen-bond acceptors (Lipinski definition) is 6. The van der Waals surface area contributed by atoms with Crippen LogP contribution in [0.2, 0.25) is 0 Å². The predicted octanol–water partition coefficient (Wildman–Crippen LogP) is 4.74. The molecule has 1 atom stereocenters. The summed E-state index contributed by atoms with van der Waals surface area (Å²) >= 11 is 0. The Hall–Kier alpha value is -3.92. The third kappa shape index (κ3) is 4.64. The number of nitriles is 1. The summed E-state index contributed by atoms with van der Waals surface area (Å²) in [5, 5.41) is 12.0. The van der Waals surface area contributed by atoms with Gasteiger partial charge in [0.15, 0.2) is 0 Å². The maximum Gasteiger partial charge on any atom is 0.246 e. The average molecular weight is 495 g/mol. The van der Waals surface area contributed by atoms with Crippen LogP contribution in [0.5, 0.6) is 0 Å². The van der Waals surface area contributed by atoms with Crippen molar-refractivity contribution in [2.75, 3.05) is 36.0 Å². The number of hydrogen-bond donors (Lipinski definition) is 0. The van der Waals surface area contributed by atoms with Crippen LogP contribution < -0.4 is 9.80 Å². The molecule has 0 radical (unpaired) electrons. The van der Waals surface area contributed by atoms with Gasteiger partial charge in [-0.3, -0.25) is 4.79 Å². The minimum absolute atomic E-state index is 0.117. The fourth-order valence-corrected chi connectivity index (χ4v) is 5.66. The molecule has 1 amide bonds. The molecule has 1 fully saturated rings. The van der Waals surface area contributed by atoms with Crippen LogP contribution in [0.3, 0.4) is 0 Å². The highest BCUT2D eigenvalue weighted by Gasteiger charge is 2.33. The number of carbonyl (C=O) groups excluding carboxylic acids is 1. The van der Waals surface area contributed by atoms with E-state index < -0.39 is 0 Å². The summed E-state index contributed by atoms with van der Waals surface area (Å²) in [5.41, 5.74) is 4.79. The predicted molar refractivity (Wildman–Crippen MR) is 148 cm³/mol. The Morgan fingerprint density at radius 1 is 1.16 bits per heavy atom. The van der Waals surface area contributed by atoms with E-state index in [1.54, 1.807) is 4.90 Å². The molecule has 1 aromatic heterocycles. The molecule has 0 saturated carbocycles. The molecule has 0 bridgehead atoms. The van der Waals surface area contributed by atoms with E-state index in [9.17, 15) is 10.1 Å². The summed E-state index contributed by atoms with van der Waals surface area (Å²) in [5.74, 6) is 1.88. The molecule has 7 heteroatoms. The number of aryl methyl sites for hydroxylation is 1. The monoisotopic (exact) mass is 494 g/mol. The van der Waals surface area contributed by atoms with Crippen LogP contribution in [0.25, 0.3) is 10.8 Å². The Balaban J connectivity index is 1.51. The number of amides is 1. The quantitative estimate of drug-likeness (QED) is 0.477. The third-order valence-corrected chi connectivity index (χ3v) is 7.58. The zero-order valence-electron chi connectivity index (χ0n) is 21.9. The number of anilines is 2. The topological polar surface area (TPSA) is 76.4 Å². The van der Waals surface area contributed by atoms with Gasteiger partial charge in [-0.05, 0) is 36.4 Å². The number of benzene rings is 2. The van der Waals surface area contributed by atoms with Crippen LogP contribution >= 0.6 is 0 Å². The second-order valence-corrected chi connectivity index (χ2v) is 10.3. The number of rotatable bonds is 5. The van der Waals surface area contributed by atoms with Gasteiger partial charge in [0.1, 0.15) is 11.6 Å². The van der Waals surface area contributed by atoms with Crippen molar-refractivity contribution in [3.8, 4) is 6.07 Å². The molecular formula is C30H34N6O. The molecule has 3 heterocycles. The molecule has 190 valence electrons. The first kappa shape index (κ1) is 24.8. The van der Waals surface area contributed by atoms with E-state index in [1.165, 1.54) is 33.7 Å². The number of piperazine rings is 1. The Bertz CT molecular complexity index is 1390. The SMILES string of the molecule is C=CC(=O)N1CCN(c2nc(C(C)C)nc3c2CCN(c2cccc4cccc(C)c24)C3)CC1CC#N. The molecule has 2 aromatic carbocycles. The van der Waals surface area contributed by atoms with Gasteiger partial charge in [0.2, 0.25) is 5.91 Å². The largest absolute Gasteiger partial charge is 0.365 e. The van der Waals surface area contributed by atoms with Crippen LogP contribution in [0.1, 0.15) is 48.8 Å². The highest BCUT2D eigenvalue weighted by molar-refractivity contribution is 5.97. The number of aromatic nitrogens is 2. The van der Waals surface area contributed by atoms with Gasteiger partial charge in [-0.2, -0.15) is 5.26 Å². The van der Waals surface area contributed by atoms with Crippen molar-refractivity contribution in [2.24, 2.45) is 0 Å². The number of nitrogens with zero attached hydrogens (tertiary/aromatic N) is 6. The van der Waals surface area contributed by atoms with E-state index in [0.717, 1.165) is 36.8 Å². The van der Waals surface area contributed by atoms with E-state index in [2.05, 4.69) is 79.6 Å². The fraction of sp³-hybridized carbons (Fsp3) is 0.400. The maximum absolute atomic E-state index is 12.4. The van der Waals surface area contributed by atoms with Crippen molar-refractivity contribution in [1.82, 2.24) is 14.9 Å². The first-order valence-electron chi connectivity index (χ1n) is 13.1. The summed E-state index contributed by atoms with van der Waals surface area (Å²) < 4.78 is 0.